The van der Waals surface area contributed by atoms with Crippen molar-refractivity contribution in [3.63, 3.8) is 0 Å². The molecule has 0 radical (unpaired) electrons. The minimum Gasteiger partial charge on any atom is -0.468 e. The van der Waals surface area contributed by atoms with Crippen LogP contribution in [0.4, 0.5) is 0 Å². The summed E-state index contributed by atoms with van der Waals surface area (Å²) in [5.74, 6) is -0.421. The number of allylic oxidation sites excluding steroid dienone is 1. The number of ether oxygens (including phenoxy) is 1. The molecule has 0 aromatic rings. The van der Waals surface area contributed by atoms with Crippen molar-refractivity contribution in [3.05, 3.63) is 11.6 Å². The second-order valence-corrected chi connectivity index (χ2v) is 3.67. The van der Waals surface area contributed by atoms with E-state index in [9.17, 15) is 4.79 Å². The Labute approximate surface area is 90.9 Å². The molecule has 1 aliphatic rings. The van der Waals surface area contributed by atoms with E-state index in [0.717, 1.165) is 12.0 Å². The van der Waals surface area contributed by atoms with Crippen molar-refractivity contribution in [2.45, 2.75) is 12.8 Å². The summed E-state index contributed by atoms with van der Waals surface area (Å²) in [6.45, 7) is 0. The highest BCUT2D eigenvalue weighted by Gasteiger charge is 2.45. The fourth-order valence-corrected chi connectivity index (χ4v) is 2.51. The molecule has 1 rings (SSSR count). The summed E-state index contributed by atoms with van der Waals surface area (Å²) in [6.07, 6.45) is 3.32. The number of halogens is 1. The first-order valence-corrected chi connectivity index (χ1v) is 5.49. The van der Waals surface area contributed by atoms with Crippen LogP contribution in [0.5, 0.6) is 0 Å². The number of carbonyl (C=O) groups excluding carboxylic acids is 1. The number of methoxy groups -OCH3 is 1. The Kier molecular flexibility index (Phi) is 3.31. The van der Waals surface area contributed by atoms with Crippen LogP contribution in [0.25, 0.3) is 0 Å². The van der Waals surface area contributed by atoms with Crippen molar-refractivity contribution in [1.82, 2.24) is 0 Å². The molecule has 13 heavy (non-hydrogen) atoms. The second kappa shape index (κ2) is 4.09. The molecule has 0 spiro atoms. The lowest BCUT2D eigenvalue weighted by molar-refractivity contribution is -0.147. The van der Waals surface area contributed by atoms with E-state index in [1.807, 2.05) is 6.08 Å². The summed E-state index contributed by atoms with van der Waals surface area (Å²) >= 11 is 2.16. The van der Waals surface area contributed by atoms with Gasteiger partial charge in [0.25, 0.3) is 0 Å². The molecule has 0 aromatic heterocycles. The first-order chi connectivity index (χ1) is 6.21. The lowest BCUT2D eigenvalue weighted by Crippen LogP contribution is -2.31. The van der Waals surface area contributed by atoms with Gasteiger partial charge in [-0.2, -0.15) is 5.26 Å². The van der Waals surface area contributed by atoms with Crippen LogP contribution in [-0.4, -0.2) is 17.5 Å². The van der Waals surface area contributed by atoms with Crippen LogP contribution in [-0.2, 0) is 9.53 Å². The highest BCUT2D eigenvalue weighted by atomic mass is 127. The third kappa shape index (κ3) is 1.57. The van der Waals surface area contributed by atoms with E-state index < -0.39 is 11.4 Å². The number of nitrogens with zero attached hydrogens (tertiary/aromatic N) is 1. The predicted octanol–water partition coefficient (Wildman–Crippen LogP) is 1.82. The van der Waals surface area contributed by atoms with Crippen LogP contribution in [0, 0.1) is 16.7 Å². The standard InChI is InChI=1S/C9H10INO2/c1-13-8(12)9(6-11)4-2-3-7(9)5-10/h3H,2,4-5H2,1H3. The lowest BCUT2D eigenvalue weighted by Gasteiger charge is -2.20. The maximum absolute atomic E-state index is 11.4. The zero-order valence-electron chi connectivity index (χ0n) is 7.34. The molecule has 0 fully saturated rings. The van der Waals surface area contributed by atoms with Gasteiger partial charge < -0.3 is 4.74 Å². The van der Waals surface area contributed by atoms with Crippen molar-refractivity contribution in [3.8, 4) is 6.07 Å². The Morgan fingerprint density at radius 3 is 3.08 bits per heavy atom. The van der Waals surface area contributed by atoms with Gasteiger partial charge in [0.2, 0.25) is 0 Å². The van der Waals surface area contributed by atoms with Crippen LogP contribution in [0.1, 0.15) is 12.8 Å². The monoisotopic (exact) mass is 291 g/mol. The molecule has 1 aliphatic carbocycles. The summed E-state index contributed by atoms with van der Waals surface area (Å²) in [4.78, 5) is 11.4. The highest BCUT2D eigenvalue weighted by molar-refractivity contribution is 14.1. The third-order valence-corrected chi connectivity index (χ3v) is 3.15. The fraction of sp³-hybridized carbons (Fsp3) is 0.556. The highest BCUT2D eigenvalue weighted by Crippen LogP contribution is 2.40. The van der Waals surface area contributed by atoms with Crippen molar-refractivity contribution in [2.24, 2.45) is 5.41 Å². The quantitative estimate of drug-likeness (QED) is 0.337. The maximum atomic E-state index is 11.4. The molecule has 0 amide bonds. The Balaban J connectivity index is 3.02. The molecule has 0 bridgehead atoms. The Bertz CT molecular complexity index is 292. The van der Waals surface area contributed by atoms with Gasteiger partial charge in [-0.1, -0.05) is 28.7 Å². The average Bonchev–Trinajstić information content (AvgIpc) is 2.60. The molecule has 70 valence electrons. The van der Waals surface area contributed by atoms with E-state index in [-0.39, 0.29) is 0 Å². The summed E-state index contributed by atoms with van der Waals surface area (Å²) < 4.78 is 5.36. The largest absolute Gasteiger partial charge is 0.468 e. The zero-order valence-corrected chi connectivity index (χ0v) is 9.50. The first-order valence-electron chi connectivity index (χ1n) is 3.96. The van der Waals surface area contributed by atoms with E-state index in [1.54, 1.807) is 0 Å². The Morgan fingerprint density at radius 2 is 2.62 bits per heavy atom. The summed E-state index contributed by atoms with van der Waals surface area (Å²) in [5, 5.41) is 9.02. The van der Waals surface area contributed by atoms with E-state index >= 15 is 0 Å². The maximum Gasteiger partial charge on any atom is 0.330 e. The van der Waals surface area contributed by atoms with Gasteiger partial charge in [0, 0.05) is 4.43 Å². The van der Waals surface area contributed by atoms with Gasteiger partial charge in [-0.25, -0.2) is 4.79 Å². The number of hydrogen-bond donors (Lipinski definition) is 0. The van der Waals surface area contributed by atoms with Gasteiger partial charge in [-0.15, -0.1) is 0 Å². The van der Waals surface area contributed by atoms with Gasteiger partial charge in [0.05, 0.1) is 13.2 Å². The van der Waals surface area contributed by atoms with Crippen LogP contribution < -0.4 is 0 Å². The molecule has 0 saturated heterocycles. The van der Waals surface area contributed by atoms with Gasteiger partial charge in [0.15, 0.2) is 5.41 Å². The summed E-state index contributed by atoms with van der Waals surface area (Å²) in [6, 6.07) is 2.08. The SMILES string of the molecule is COC(=O)C1(C#N)CCC=C1CI. The van der Waals surface area contributed by atoms with Gasteiger partial charge in [0.1, 0.15) is 0 Å². The number of rotatable bonds is 2. The van der Waals surface area contributed by atoms with Crippen LogP contribution in [0.15, 0.2) is 11.6 Å². The minimum absolute atomic E-state index is 0.421. The van der Waals surface area contributed by atoms with E-state index in [4.69, 9.17) is 5.26 Å². The molecular weight excluding hydrogens is 281 g/mol. The van der Waals surface area contributed by atoms with Crippen LogP contribution >= 0.6 is 22.6 Å². The second-order valence-electron chi connectivity index (χ2n) is 2.91. The van der Waals surface area contributed by atoms with Crippen molar-refractivity contribution < 1.29 is 9.53 Å². The van der Waals surface area contributed by atoms with Crippen molar-refractivity contribution in [2.75, 3.05) is 11.5 Å². The predicted molar refractivity (Wildman–Crippen MR) is 56.3 cm³/mol. The van der Waals surface area contributed by atoms with Gasteiger partial charge in [-0.3, -0.25) is 0 Å². The lowest BCUT2D eigenvalue weighted by atomic mass is 9.83. The molecule has 0 saturated carbocycles. The zero-order chi connectivity index (χ0) is 9.90. The third-order valence-electron chi connectivity index (χ3n) is 2.33. The van der Waals surface area contributed by atoms with Crippen molar-refractivity contribution in [1.29, 1.82) is 5.26 Å². The normalized spacial score (nSPS) is 26.4. The summed E-state index contributed by atoms with van der Waals surface area (Å²) in [7, 11) is 1.32. The van der Waals surface area contributed by atoms with E-state index in [1.165, 1.54) is 7.11 Å². The fourth-order valence-electron chi connectivity index (χ4n) is 1.55. The molecule has 0 aromatic carbocycles. The number of hydrogen-bond acceptors (Lipinski definition) is 3. The molecular formula is C9H10INO2. The average molecular weight is 291 g/mol. The minimum atomic E-state index is -0.990. The Morgan fingerprint density at radius 1 is 1.92 bits per heavy atom. The van der Waals surface area contributed by atoms with E-state index in [0.29, 0.717) is 10.8 Å². The molecule has 3 nitrogen and oxygen atoms in total. The number of carbonyl (C=O) groups is 1. The van der Waals surface area contributed by atoms with Crippen LogP contribution in [0.2, 0.25) is 0 Å². The molecule has 1 unspecified atom stereocenters. The molecule has 0 aliphatic heterocycles. The number of nitriles is 1. The first kappa shape index (κ1) is 10.5. The van der Waals surface area contributed by atoms with Gasteiger partial charge >= 0.3 is 5.97 Å². The van der Waals surface area contributed by atoms with Crippen molar-refractivity contribution >= 4 is 28.6 Å². The van der Waals surface area contributed by atoms with E-state index in [2.05, 4.69) is 33.4 Å². The summed E-state index contributed by atoms with van der Waals surface area (Å²) in [5.41, 5.74) is -0.0990. The number of alkyl halides is 1. The van der Waals surface area contributed by atoms with Crippen LogP contribution in [0.3, 0.4) is 0 Å². The molecule has 0 N–H and O–H groups in total. The number of esters is 1. The molecule has 1 atom stereocenters. The topological polar surface area (TPSA) is 50.1 Å². The molecule has 4 heteroatoms. The molecule has 0 heterocycles. The van der Waals surface area contributed by atoms with Gasteiger partial charge in [-0.05, 0) is 18.4 Å². The Hall–Kier alpha value is -0.570. The smallest absolute Gasteiger partial charge is 0.330 e.